The summed E-state index contributed by atoms with van der Waals surface area (Å²) in [6.07, 6.45) is 0. The Labute approximate surface area is 150 Å². The maximum Gasteiger partial charge on any atom is 0.251 e. The molecule has 25 heavy (non-hydrogen) atoms. The van der Waals surface area contributed by atoms with Crippen molar-refractivity contribution in [2.75, 3.05) is 14.2 Å². The Morgan fingerprint density at radius 1 is 1.08 bits per heavy atom. The monoisotopic (exact) mass is 356 g/mol. The molecule has 1 heterocycles. The van der Waals surface area contributed by atoms with Gasteiger partial charge in [-0.3, -0.25) is 4.79 Å². The van der Waals surface area contributed by atoms with Gasteiger partial charge in [0.15, 0.2) is 0 Å². The van der Waals surface area contributed by atoms with Gasteiger partial charge in [-0.05, 0) is 48.5 Å². The van der Waals surface area contributed by atoms with Gasteiger partial charge in [0.25, 0.3) is 5.91 Å². The number of carbonyl (C=O) groups is 1. The van der Waals surface area contributed by atoms with Gasteiger partial charge in [0.2, 0.25) is 0 Å². The van der Waals surface area contributed by atoms with Gasteiger partial charge in [-0.15, -0.1) is 0 Å². The molecule has 1 N–H and O–H groups in total. The van der Waals surface area contributed by atoms with Crippen molar-refractivity contribution in [3.63, 3.8) is 0 Å². The molecular weight excluding hydrogens is 340 g/mol. The van der Waals surface area contributed by atoms with E-state index in [0.29, 0.717) is 28.8 Å². The van der Waals surface area contributed by atoms with Crippen LogP contribution in [0.2, 0.25) is 5.15 Å². The van der Waals surface area contributed by atoms with Crippen molar-refractivity contribution >= 4 is 28.4 Å². The Balaban J connectivity index is 1.77. The predicted molar refractivity (Wildman–Crippen MR) is 97.5 cm³/mol. The Hall–Kier alpha value is -2.79. The van der Waals surface area contributed by atoms with E-state index in [-0.39, 0.29) is 5.91 Å². The lowest BCUT2D eigenvalue weighted by Gasteiger charge is -2.11. The van der Waals surface area contributed by atoms with Gasteiger partial charge in [0, 0.05) is 23.1 Å². The molecule has 1 amide bonds. The van der Waals surface area contributed by atoms with Gasteiger partial charge < -0.3 is 14.8 Å². The lowest BCUT2D eigenvalue weighted by atomic mass is 10.1. The SMILES string of the molecule is COc1ccc(OC)c(CNC(=O)c2ccc3nc(Cl)ccc3c2)c1. The molecule has 128 valence electrons. The Morgan fingerprint density at radius 2 is 1.92 bits per heavy atom. The molecule has 5 nitrogen and oxygen atoms in total. The number of hydrogen-bond donors (Lipinski definition) is 1. The summed E-state index contributed by atoms with van der Waals surface area (Å²) in [4.78, 5) is 16.7. The molecular formula is C19H17ClN2O3. The minimum atomic E-state index is -0.179. The van der Waals surface area contributed by atoms with Crippen molar-refractivity contribution in [2.45, 2.75) is 6.54 Å². The van der Waals surface area contributed by atoms with Gasteiger partial charge >= 0.3 is 0 Å². The molecule has 0 atom stereocenters. The number of rotatable bonds is 5. The molecule has 0 fully saturated rings. The zero-order valence-corrected chi connectivity index (χ0v) is 14.6. The third kappa shape index (κ3) is 3.83. The number of nitrogens with one attached hydrogen (secondary N) is 1. The summed E-state index contributed by atoms with van der Waals surface area (Å²) < 4.78 is 10.5. The zero-order chi connectivity index (χ0) is 17.8. The number of carbonyl (C=O) groups excluding carboxylic acids is 1. The first-order valence-electron chi connectivity index (χ1n) is 7.66. The highest BCUT2D eigenvalue weighted by molar-refractivity contribution is 6.29. The van der Waals surface area contributed by atoms with Crippen molar-refractivity contribution in [2.24, 2.45) is 0 Å². The number of nitrogens with zero attached hydrogens (tertiary/aromatic N) is 1. The van der Waals surface area contributed by atoms with Crippen LogP contribution in [0.3, 0.4) is 0 Å². The van der Waals surface area contributed by atoms with Crippen molar-refractivity contribution in [1.29, 1.82) is 0 Å². The van der Waals surface area contributed by atoms with Crippen LogP contribution in [0.25, 0.3) is 10.9 Å². The number of hydrogen-bond acceptors (Lipinski definition) is 4. The summed E-state index contributed by atoms with van der Waals surface area (Å²) in [7, 11) is 3.19. The minimum Gasteiger partial charge on any atom is -0.497 e. The summed E-state index contributed by atoms with van der Waals surface area (Å²) in [6, 6.07) is 14.3. The van der Waals surface area contributed by atoms with Crippen LogP contribution in [0.1, 0.15) is 15.9 Å². The van der Waals surface area contributed by atoms with Crippen LogP contribution in [0.4, 0.5) is 0 Å². The number of aromatic nitrogens is 1. The Kier molecular flexibility index (Phi) is 5.05. The fourth-order valence-electron chi connectivity index (χ4n) is 2.54. The average Bonchev–Trinajstić information content (AvgIpc) is 2.65. The van der Waals surface area contributed by atoms with Gasteiger partial charge in [-0.25, -0.2) is 4.98 Å². The fourth-order valence-corrected chi connectivity index (χ4v) is 2.69. The van der Waals surface area contributed by atoms with E-state index in [1.54, 1.807) is 38.5 Å². The van der Waals surface area contributed by atoms with Crippen molar-refractivity contribution in [1.82, 2.24) is 10.3 Å². The predicted octanol–water partition coefficient (Wildman–Crippen LogP) is 3.84. The number of methoxy groups -OCH3 is 2. The van der Waals surface area contributed by atoms with E-state index in [4.69, 9.17) is 21.1 Å². The average molecular weight is 357 g/mol. The topological polar surface area (TPSA) is 60.5 Å². The second-order valence-corrected chi connectivity index (χ2v) is 5.79. The van der Waals surface area contributed by atoms with Crippen LogP contribution >= 0.6 is 11.6 Å². The van der Waals surface area contributed by atoms with Crippen LogP contribution in [0.15, 0.2) is 48.5 Å². The molecule has 0 saturated carbocycles. The molecule has 3 aromatic rings. The molecule has 0 unspecified atom stereocenters. The quantitative estimate of drug-likeness (QED) is 0.706. The van der Waals surface area contributed by atoms with E-state index in [2.05, 4.69) is 10.3 Å². The molecule has 0 saturated heterocycles. The van der Waals surface area contributed by atoms with Gasteiger partial charge in [0.1, 0.15) is 16.7 Å². The lowest BCUT2D eigenvalue weighted by Crippen LogP contribution is -2.23. The third-order valence-electron chi connectivity index (χ3n) is 3.84. The van der Waals surface area contributed by atoms with Crippen LogP contribution in [0.5, 0.6) is 11.5 Å². The molecule has 0 aliphatic rings. The lowest BCUT2D eigenvalue weighted by molar-refractivity contribution is 0.0951. The molecule has 0 aliphatic heterocycles. The van der Waals surface area contributed by atoms with Crippen molar-refractivity contribution in [3.05, 3.63) is 64.8 Å². The van der Waals surface area contributed by atoms with Crippen LogP contribution in [-0.4, -0.2) is 25.1 Å². The highest BCUT2D eigenvalue weighted by Crippen LogP contribution is 2.24. The summed E-state index contributed by atoms with van der Waals surface area (Å²) in [5, 5.41) is 4.18. The third-order valence-corrected chi connectivity index (χ3v) is 4.05. The summed E-state index contributed by atoms with van der Waals surface area (Å²) in [5.74, 6) is 1.22. The number of fused-ring (bicyclic) bond motifs is 1. The van der Waals surface area contributed by atoms with E-state index < -0.39 is 0 Å². The maximum absolute atomic E-state index is 12.5. The van der Waals surface area contributed by atoms with E-state index >= 15 is 0 Å². The number of halogens is 1. The molecule has 3 rings (SSSR count). The second-order valence-electron chi connectivity index (χ2n) is 5.40. The van der Waals surface area contributed by atoms with Crippen LogP contribution in [0, 0.1) is 0 Å². The smallest absolute Gasteiger partial charge is 0.251 e. The molecule has 1 aromatic heterocycles. The normalized spacial score (nSPS) is 10.5. The molecule has 0 aliphatic carbocycles. The highest BCUT2D eigenvalue weighted by atomic mass is 35.5. The van der Waals surface area contributed by atoms with Gasteiger partial charge in [0.05, 0.1) is 19.7 Å². The van der Waals surface area contributed by atoms with Crippen LogP contribution < -0.4 is 14.8 Å². The number of ether oxygens (including phenoxy) is 2. The fraction of sp³-hybridized carbons (Fsp3) is 0.158. The molecule has 6 heteroatoms. The number of benzene rings is 2. The van der Waals surface area contributed by atoms with Crippen molar-refractivity contribution in [3.8, 4) is 11.5 Å². The number of amides is 1. The Bertz CT molecular complexity index is 928. The summed E-state index contributed by atoms with van der Waals surface area (Å²) >= 11 is 5.88. The largest absolute Gasteiger partial charge is 0.497 e. The Morgan fingerprint density at radius 3 is 2.68 bits per heavy atom. The first-order chi connectivity index (χ1) is 12.1. The zero-order valence-electron chi connectivity index (χ0n) is 13.9. The number of pyridine rings is 1. The summed E-state index contributed by atoms with van der Waals surface area (Å²) in [6.45, 7) is 0.329. The highest BCUT2D eigenvalue weighted by Gasteiger charge is 2.10. The molecule has 0 bridgehead atoms. The van der Waals surface area contributed by atoms with Crippen LogP contribution in [-0.2, 0) is 6.54 Å². The first-order valence-corrected chi connectivity index (χ1v) is 8.04. The van der Waals surface area contributed by atoms with E-state index in [0.717, 1.165) is 16.5 Å². The van der Waals surface area contributed by atoms with E-state index in [9.17, 15) is 4.79 Å². The first kappa shape index (κ1) is 17.0. The van der Waals surface area contributed by atoms with Gasteiger partial charge in [-0.2, -0.15) is 0 Å². The second kappa shape index (κ2) is 7.40. The summed E-state index contributed by atoms with van der Waals surface area (Å²) in [5.41, 5.74) is 2.14. The van der Waals surface area contributed by atoms with E-state index in [1.165, 1.54) is 0 Å². The molecule has 0 spiro atoms. The van der Waals surface area contributed by atoms with E-state index in [1.807, 2.05) is 24.3 Å². The standard InChI is InChI=1S/C19H17ClN2O3/c1-24-15-5-7-17(25-2)14(10-15)11-21-19(23)13-3-6-16-12(9-13)4-8-18(20)22-16/h3-10H,11H2,1-2H3,(H,21,23). The van der Waals surface area contributed by atoms with Gasteiger partial charge in [-0.1, -0.05) is 11.6 Å². The van der Waals surface area contributed by atoms with Crippen molar-refractivity contribution < 1.29 is 14.3 Å². The maximum atomic E-state index is 12.5. The molecule has 0 radical (unpaired) electrons. The minimum absolute atomic E-state index is 0.179. The molecule has 2 aromatic carbocycles.